The number of hydrogen-bond acceptors (Lipinski definition) is 4. The van der Waals surface area contributed by atoms with Crippen molar-refractivity contribution < 1.29 is 13.6 Å². The van der Waals surface area contributed by atoms with Crippen LogP contribution in [0, 0.1) is 11.3 Å². The summed E-state index contributed by atoms with van der Waals surface area (Å²) in [6.07, 6.45) is 3.38. The molecule has 0 aromatic rings. The Hall–Kier alpha value is -1.34. The van der Waals surface area contributed by atoms with Gasteiger partial charge in [-0.05, 0) is 18.4 Å². The first-order valence-electron chi connectivity index (χ1n) is 10.0. The molecule has 5 nitrogen and oxygen atoms in total. The van der Waals surface area contributed by atoms with E-state index in [0.717, 1.165) is 19.6 Å². The lowest BCUT2D eigenvalue weighted by atomic mass is 9.78. The van der Waals surface area contributed by atoms with E-state index in [4.69, 9.17) is 0 Å². The van der Waals surface area contributed by atoms with Gasteiger partial charge >= 0.3 is 0 Å². The first-order valence-corrected chi connectivity index (χ1v) is 10.0. The number of nitrogens with zero attached hydrogens (tertiary/aromatic N) is 3. The molecule has 3 rings (SSSR count). The molecule has 3 atom stereocenters. The van der Waals surface area contributed by atoms with Crippen molar-refractivity contribution in [3.05, 3.63) is 11.8 Å². The molecule has 0 bridgehead atoms. The third kappa shape index (κ3) is 4.24. The number of allylic oxidation sites excluding steroid dienone is 1. The standard InChI is InChI=1S/C20H32F2N4O/c1-5-6-20(21,22)17-9-16-15(10-24-17)19(3,4)13-26(16)18(27)12-25-8-7-23-14(2)11-25/h9-10,14-16,23H,5-8,11-13H2,1-4H3. The summed E-state index contributed by atoms with van der Waals surface area (Å²) in [6, 6.07) is 0.0263. The van der Waals surface area contributed by atoms with Gasteiger partial charge in [-0.15, -0.1) is 0 Å². The maximum Gasteiger partial charge on any atom is 0.289 e. The number of hydrogen-bond donors (Lipinski definition) is 1. The van der Waals surface area contributed by atoms with Crippen LogP contribution in [0.5, 0.6) is 0 Å². The monoisotopic (exact) mass is 382 g/mol. The third-order valence-corrected chi connectivity index (χ3v) is 5.98. The smallest absolute Gasteiger partial charge is 0.289 e. The lowest BCUT2D eigenvalue weighted by molar-refractivity contribution is -0.133. The van der Waals surface area contributed by atoms with Crippen LogP contribution in [0.4, 0.5) is 8.78 Å². The van der Waals surface area contributed by atoms with Crippen molar-refractivity contribution >= 4 is 12.1 Å². The Balaban J connectivity index is 1.78. The van der Waals surface area contributed by atoms with Gasteiger partial charge in [-0.25, -0.2) is 0 Å². The van der Waals surface area contributed by atoms with Gasteiger partial charge in [0, 0.05) is 50.8 Å². The summed E-state index contributed by atoms with van der Waals surface area (Å²) in [6.45, 7) is 11.5. The summed E-state index contributed by atoms with van der Waals surface area (Å²) in [5, 5.41) is 3.37. The molecule has 152 valence electrons. The summed E-state index contributed by atoms with van der Waals surface area (Å²) in [5.41, 5.74) is -0.361. The van der Waals surface area contributed by atoms with E-state index in [0.29, 0.717) is 25.6 Å². The van der Waals surface area contributed by atoms with Crippen molar-refractivity contribution in [2.75, 3.05) is 32.7 Å². The Bertz CT molecular complexity index is 631. The zero-order valence-electron chi connectivity index (χ0n) is 16.8. The molecule has 0 aromatic heterocycles. The Morgan fingerprint density at radius 3 is 2.85 bits per heavy atom. The number of nitrogens with one attached hydrogen (secondary N) is 1. The highest BCUT2D eigenvalue weighted by molar-refractivity contribution is 5.81. The topological polar surface area (TPSA) is 47.9 Å². The molecule has 2 saturated heterocycles. The maximum absolute atomic E-state index is 14.4. The average Bonchev–Trinajstić information content (AvgIpc) is 2.86. The number of halogens is 2. The maximum atomic E-state index is 14.4. The fourth-order valence-electron chi connectivity index (χ4n) is 4.51. The van der Waals surface area contributed by atoms with E-state index in [2.05, 4.69) is 36.0 Å². The normalized spacial score (nSPS) is 31.0. The SMILES string of the molecule is CCCC(F)(F)C1=CC2C(C=N1)C(C)(C)CN2C(=O)CN1CCNC(C)C1. The van der Waals surface area contributed by atoms with Crippen LogP contribution in [0.2, 0.25) is 0 Å². The van der Waals surface area contributed by atoms with Crippen molar-refractivity contribution in [2.45, 2.75) is 58.5 Å². The van der Waals surface area contributed by atoms with E-state index in [1.807, 2.05) is 0 Å². The second-order valence-electron chi connectivity index (χ2n) is 8.90. The fourth-order valence-corrected chi connectivity index (χ4v) is 4.51. The molecule has 3 aliphatic rings. The number of rotatable bonds is 5. The number of fused-ring (bicyclic) bond motifs is 1. The zero-order chi connectivity index (χ0) is 19.8. The number of amides is 1. The number of piperazine rings is 1. The second-order valence-corrected chi connectivity index (χ2v) is 8.90. The highest BCUT2D eigenvalue weighted by atomic mass is 19.3. The number of carbonyl (C=O) groups excluding carboxylic acids is 1. The van der Waals surface area contributed by atoms with E-state index < -0.39 is 5.92 Å². The Labute approximate surface area is 160 Å². The molecule has 0 aromatic carbocycles. The lowest BCUT2D eigenvalue weighted by Gasteiger charge is -2.34. The van der Waals surface area contributed by atoms with E-state index in [1.54, 1.807) is 24.1 Å². The van der Waals surface area contributed by atoms with Crippen molar-refractivity contribution in [1.29, 1.82) is 0 Å². The largest absolute Gasteiger partial charge is 0.334 e. The van der Waals surface area contributed by atoms with Crippen LogP contribution < -0.4 is 5.32 Å². The van der Waals surface area contributed by atoms with Gasteiger partial charge in [-0.2, -0.15) is 8.78 Å². The first kappa shape index (κ1) is 20.4. The van der Waals surface area contributed by atoms with E-state index in [1.165, 1.54) is 0 Å². The number of alkyl halides is 2. The van der Waals surface area contributed by atoms with Gasteiger partial charge < -0.3 is 10.2 Å². The van der Waals surface area contributed by atoms with E-state index in [9.17, 15) is 13.6 Å². The minimum absolute atomic E-state index is 0.0226. The predicted molar refractivity (Wildman–Crippen MR) is 103 cm³/mol. The van der Waals surface area contributed by atoms with Crippen LogP contribution in [0.1, 0.15) is 40.5 Å². The second kappa shape index (κ2) is 7.59. The van der Waals surface area contributed by atoms with Crippen molar-refractivity contribution in [1.82, 2.24) is 15.1 Å². The van der Waals surface area contributed by atoms with Gasteiger partial charge in [-0.1, -0.05) is 27.2 Å². The fraction of sp³-hybridized carbons (Fsp3) is 0.800. The van der Waals surface area contributed by atoms with Crippen molar-refractivity contribution in [3.8, 4) is 0 Å². The molecule has 0 saturated carbocycles. The highest BCUT2D eigenvalue weighted by Crippen LogP contribution is 2.44. The molecule has 0 aliphatic carbocycles. The van der Waals surface area contributed by atoms with Crippen LogP contribution in [0.25, 0.3) is 0 Å². The van der Waals surface area contributed by atoms with Crippen LogP contribution in [0.15, 0.2) is 16.8 Å². The summed E-state index contributed by atoms with van der Waals surface area (Å²) in [5.74, 6) is -2.94. The summed E-state index contributed by atoms with van der Waals surface area (Å²) in [7, 11) is 0. The molecule has 27 heavy (non-hydrogen) atoms. The highest BCUT2D eigenvalue weighted by Gasteiger charge is 2.50. The van der Waals surface area contributed by atoms with Gasteiger partial charge in [0.25, 0.3) is 5.92 Å². The molecule has 0 radical (unpaired) electrons. The minimum atomic E-state index is -2.94. The summed E-state index contributed by atoms with van der Waals surface area (Å²) in [4.78, 5) is 21.1. The molecule has 3 aliphatic heterocycles. The van der Waals surface area contributed by atoms with Crippen molar-refractivity contribution in [2.24, 2.45) is 16.3 Å². The number of likely N-dealkylation sites (tertiary alicyclic amines) is 1. The Kier molecular flexibility index (Phi) is 5.73. The average molecular weight is 382 g/mol. The van der Waals surface area contributed by atoms with Gasteiger partial charge in [0.1, 0.15) is 5.70 Å². The van der Waals surface area contributed by atoms with Crippen LogP contribution >= 0.6 is 0 Å². The van der Waals surface area contributed by atoms with E-state index >= 15 is 0 Å². The molecule has 3 heterocycles. The molecule has 7 heteroatoms. The minimum Gasteiger partial charge on any atom is -0.334 e. The quantitative estimate of drug-likeness (QED) is 0.795. The molecular formula is C20H32F2N4O. The molecule has 3 unspecified atom stereocenters. The third-order valence-electron chi connectivity index (χ3n) is 5.98. The predicted octanol–water partition coefficient (Wildman–Crippen LogP) is 2.54. The lowest BCUT2D eigenvalue weighted by Crippen LogP contribution is -2.53. The van der Waals surface area contributed by atoms with Crippen molar-refractivity contribution in [3.63, 3.8) is 0 Å². The van der Waals surface area contributed by atoms with E-state index in [-0.39, 0.29) is 35.4 Å². The van der Waals surface area contributed by atoms with Gasteiger partial charge in [0.05, 0.1) is 12.6 Å². The summed E-state index contributed by atoms with van der Waals surface area (Å²) < 4.78 is 28.8. The van der Waals surface area contributed by atoms with Gasteiger partial charge in [0.2, 0.25) is 5.91 Å². The van der Waals surface area contributed by atoms with Gasteiger partial charge in [-0.3, -0.25) is 14.7 Å². The molecule has 1 amide bonds. The van der Waals surface area contributed by atoms with Crippen LogP contribution in [-0.4, -0.2) is 72.7 Å². The van der Waals surface area contributed by atoms with Gasteiger partial charge in [0.15, 0.2) is 0 Å². The zero-order valence-corrected chi connectivity index (χ0v) is 16.8. The Morgan fingerprint density at radius 1 is 1.44 bits per heavy atom. The molecule has 0 spiro atoms. The number of carbonyl (C=O) groups is 1. The molecule has 2 fully saturated rings. The number of aliphatic imine (C=N–C) groups is 1. The van der Waals surface area contributed by atoms with Crippen LogP contribution in [-0.2, 0) is 4.79 Å². The molecule has 1 N–H and O–H groups in total. The van der Waals surface area contributed by atoms with Crippen LogP contribution in [0.3, 0.4) is 0 Å². The Morgan fingerprint density at radius 2 is 2.19 bits per heavy atom. The molecular weight excluding hydrogens is 350 g/mol. The summed E-state index contributed by atoms with van der Waals surface area (Å²) >= 11 is 0. The first-order chi connectivity index (χ1) is 12.6.